The molecule has 3 heterocycles. The molecule has 8 heteroatoms. The van der Waals surface area contributed by atoms with Crippen LogP contribution in [0.4, 0.5) is 11.8 Å². The molecule has 1 atom stereocenters. The molecular weight excluding hydrogens is 306 g/mol. The lowest BCUT2D eigenvalue weighted by Gasteiger charge is -2.32. The van der Waals surface area contributed by atoms with Gasteiger partial charge < -0.3 is 16.0 Å². The van der Waals surface area contributed by atoms with Crippen LogP contribution in [0.25, 0.3) is 0 Å². The van der Waals surface area contributed by atoms with Crippen LogP contribution in [-0.2, 0) is 4.79 Å². The van der Waals surface area contributed by atoms with Gasteiger partial charge in [0.15, 0.2) is 0 Å². The molecule has 0 aliphatic carbocycles. The van der Waals surface area contributed by atoms with E-state index in [9.17, 15) is 4.79 Å². The molecule has 1 aliphatic rings. The summed E-state index contributed by atoms with van der Waals surface area (Å²) in [6, 6.07) is 3.61. The molecular formula is C16H21N7O. The maximum absolute atomic E-state index is 11.9. The molecule has 0 saturated carbocycles. The molecule has 1 fully saturated rings. The number of anilines is 2. The van der Waals surface area contributed by atoms with Gasteiger partial charge in [-0.2, -0.15) is 0 Å². The van der Waals surface area contributed by atoms with Gasteiger partial charge in [-0.3, -0.25) is 4.79 Å². The van der Waals surface area contributed by atoms with Crippen molar-refractivity contribution in [1.82, 2.24) is 24.8 Å². The van der Waals surface area contributed by atoms with Gasteiger partial charge in [0, 0.05) is 43.2 Å². The van der Waals surface area contributed by atoms with Crippen molar-refractivity contribution in [3.8, 4) is 0 Å². The fourth-order valence-electron chi connectivity index (χ4n) is 2.86. The number of amides is 1. The molecule has 0 spiro atoms. The molecule has 0 radical (unpaired) electrons. The van der Waals surface area contributed by atoms with Crippen molar-refractivity contribution in [3.63, 3.8) is 0 Å². The van der Waals surface area contributed by atoms with E-state index < -0.39 is 0 Å². The van der Waals surface area contributed by atoms with Crippen LogP contribution in [0.15, 0.2) is 24.5 Å². The first kappa shape index (κ1) is 16.3. The second-order valence-electron chi connectivity index (χ2n) is 5.83. The van der Waals surface area contributed by atoms with Gasteiger partial charge in [-0.1, -0.05) is 0 Å². The van der Waals surface area contributed by atoms with Gasteiger partial charge in [-0.05, 0) is 25.8 Å². The maximum Gasteiger partial charge on any atom is 0.236 e. The lowest BCUT2D eigenvalue weighted by atomic mass is 9.97. The number of rotatable bonds is 4. The Morgan fingerprint density at radius 2 is 2.17 bits per heavy atom. The third-order valence-corrected chi connectivity index (χ3v) is 3.99. The summed E-state index contributed by atoms with van der Waals surface area (Å²) in [6.45, 7) is 3.33. The first-order valence-electron chi connectivity index (χ1n) is 8.03. The van der Waals surface area contributed by atoms with Gasteiger partial charge in [0.2, 0.25) is 11.9 Å². The van der Waals surface area contributed by atoms with E-state index in [1.807, 2.05) is 13.0 Å². The molecule has 1 amide bonds. The molecule has 2 aromatic rings. The van der Waals surface area contributed by atoms with Crippen LogP contribution in [0.1, 0.15) is 30.3 Å². The average Bonchev–Trinajstić information content (AvgIpc) is 2.61. The molecule has 1 aliphatic heterocycles. The Kier molecular flexibility index (Phi) is 4.95. The monoisotopic (exact) mass is 327 g/mol. The molecule has 8 nitrogen and oxygen atoms in total. The maximum atomic E-state index is 11.9. The van der Waals surface area contributed by atoms with Gasteiger partial charge in [0.25, 0.3) is 0 Å². The highest BCUT2D eigenvalue weighted by molar-refractivity contribution is 5.78. The number of nitrogens with one attached hydrogen (secondary N) is 1. The van der Waals surface area contributed by atoms with Crippen molar-refractivity contribution in [2.75, 3.05) is 25.0 Å². The van der Waals surface area contributed by atoms with Crippen molar-refractivity contribution >= 4 is 17.7 Å². The van der Waals surface area contributed by atoms with Crippen LogP contribution >= 0.6 is 0 Å². The van der Waals surface area contributed by atoms with E-state index >= 15 is 0 Å². The van der Waals surface area contributed by atoms with E-state index in [1.54, 1.807) is 23.4 Å². The molecule has 1 saturated heterocycles. The summed E-state index contributed by atoms with van der Waals surface area (Å²) in [5.74, 6) is 1.98. The van der Waals surface area contributed by atoms with Gasteiger partial charge in [0.1, 0.15) is 11.6 Å². The Balaban J connectivity index is 1.79. The van der Waals surface area contributed by atoms with Crippen LogP contribution in [0, 0.1) is 6.92 Å². The number of hydrogen-bond acceptors (Lipinski definition) is 7. The summed E-state index contributed by atoms with van der Waals surface area (Å²) in [6.07, 6.45) is 5.22. The number of nitrogens with two attached hydrogens (primary N) is 1. The Bertz CT molecular complexity index is 707. The zero-order valence-electron chi connectivity index (χ0n) is 13.6. The number of likely N-dealkylation sites (tertiary alicyclic amines) is 1. The van der Waals surface area contributed by atoms with Gasteiger partial charge in [-0.25, -0.2) is 19.9 Å². The van der Waals surface area contributed by atoms with Gasteiger partial charge >= 0.3 is 0 Å². The molecule has 126 valence electrons. The smallest absolute Gasteiger partial charge is 0.236 e. The minimum Gasteiger partial charge on any atom is -0.341 e. The molecule has 2 aromatic heterocycles. The van der Waals surface area contributed by atoms with Crippen LogP contribution in [0.2, 0.25) is 0 Å². The van der Waals surface area contributed by atoms with Crippen LogP contribution in [0.5, 0.6) is 0 Å². The second-order valence-corrected chi connectivity index (χ2v) is 5.83. The summed E-state index contributed by atoms with van der Waals surface area (Å²) >= 11 is 0. The van der Waals surface area contributed by atoms with E-state index in [-0.39, 0.29) is 18.4 Å². The number of hydrogen-bond donors (Lipinski definition) is 2. The normalized spacial score (nSPS) is 17.6. The van der Waals surface area contributed by atoms with Crippen LogP contribution in [0.3, 0.4) is 0 Å². The first-order valence-corrected chi connectivity index (χ1v) is 8.03. The van der Waals surface area contributed by atoms with Gasteiger partial charge in [0.05, 0.1) is 6.54 Å². The standard InChI is InChI=1S/C16H21N7O/c1-11-8-13(22-16-18-5-3-6-19-16)21-15(20-11)12-4-2-7-23(10-12)14(24)9-17/h3,5-6,8,12H,2,4,7,9-10,17H2,1H3,(H,18,19,20,21,22)/t12-/m1/s1. The number of aromatic nitrogens is 4. The second kappa shape index (κ2) is 7.31. The molecule has 3 N–H and O–H groups in total. The van der Waals surface area contributed by atoms with E-state index in [0.717, 1.165) is 30.9 Å². The third-order valence-electron chi connectivity index (χ3n) is 3.99. The Hall–Kier alpha value is -2.61. The number of piperidine rings is 1. The van der Waals surface area contributed by atoms with Crippen LogP contribution < -0.4 is 11.1 Å². The predicted octanol–water partition coefficient (Wildman–Crippen LogP) is 0.983. The number of carbonyl (C=O) groups is 1. The Labute approximate surface area is 140 Å². The molecule has 0 unspecified atom stereocenters. The fraction of sp³-hybridized carbons (Fsp3) is 0.438. The summed E-state index contributed by atoms with van der Waals surface area (Å²) in [7, 11) is 0. The summed E-state index contributed by atoms with van der Waals surface area (Å²) in [5.41, 5.74) is 6.34. The minimum absolute atomic E-state index is 0.0246. The fourth-order valence-corrected chi connectivity index (χ4v) is 2.86. The largest absolute Gasteiger partial charge is 0.341 e. The van der Waals surface area contributed by atoms with Crippen molar-refractivity contribution < 1.29 is 4.79 Å². The minimum atomic E-state index is -0.0246. The molecule has 24 heavy (non-hydrogen) atoms. The van der Waals surface area contributed by atoms with E-state index in [0.29, 0.717) is 18.3 Å². The summed E-state index contributed by atoms with van der Waals surface area (Å²) < 4.78 is 0. The number of nitrogens with zero attached hydrogens (tertiary/aromatic N) is 5. The Morgan fingerprint density at radius 1 is 1.38 bits per heavy atom. The van der Waals surface area contributed by atoms with Crippen molar-refractivity contribution in [3.05, 3.63) is 36.0 Å². The van der Waals surface area contributed by atoms with Crippen molar-refractivity contribution in [2.24, 2.45) is 5.73 Å². The van der Waals surface area contributed by atoms with Gasteiger partial charge in [-0.15, -0.1) is 0 Å². The first-order chi connectivity index (χ1) is 11.7. The zero-order valence-corrected chi connectivity index (χ0v) is 13.6. The Morgan fingerprint density at radius 3 is 2.92 bits per heavy atom. The van der Waals surface area contributed by atoms with E-state index in [1.165, 1.54) is 0 Å². The van der Waals surface area contributed by atoms with E-state index in [2.05, 4.69) is 25.3 Å². The van der Waals surface area contributed by atoms with Crippen molar-refractivity contribution in [1.29, 1.82) is 0 Å². The third kappa shape index (κ3) is 3.83. The molecule has 0 aromatic carbocycles. The average molecular weight is 327 g/mol. The van der Waals surface area contributed by atoms with E-state index in [4.69, 9.17) is 5.73 Å². The van der Waals surface area contributed by atoms with Crippen molar-refractivity contribution in [2.45, 2.75) is 25.7 Å². The molecule has 3 rings (SSSR count). The van der Waals surface area contributed by atoms with Crippen LogP contribution in [-0.4, -0.2) is 50.4 Å². The highest BCUT2D eigenvalue weighted by atomic mass is 16.2. The summed E-state index contributed by atoms with van der Waals surface area (Å²) in [5, 5.41) is 3.10. The molecule has 0 bridgehead atoms. The quantitative estimate of drug-likeness (QED) is 0.861. The number of carbonyl (C=O) groups excluding carboxylic acids is 1. The highest BCUT2D eigenvalue weighted by Gasteiger charge is 2.26. The lowest BCUT2D eigenvalue weighted by Crippen LogP contribution is -2.42. The highest BCUT2D eigenvalue weighted by Crippen LogP contribution is 2.26. The zero-order chi connectivity index (χ0) is 16.9. The number of aryl methyl sites for hydroxylation is 1. The lowest BCUT2D eigenvalue weighted by molar-refractivity contribution is -0.130. The SMILES string of the molecule is Cc1cc(Nc2ncccn2)nc([C@@H]2CCCN(C(=O)CN)C2)n1. The summed E-state index contributed by atoms with van der Waals surface area (Å²) in [4.78, 5) is 31.1. The topological polar surface area (TPSA) is 110 Å². The predicted molar refractivity (Wildman–Crippen MR) is 89.7 cm³/mol.